The van der Waals surface area contributed by atoms with Crippen molar-refractivity contribution in [3.8, 4) is 0 Å². The van der Waals surface area contributed by atoms with Gasteiger partial charge in [0.05, 0.1) is 0 Å². The van der Waals surface area contributed by atoms with Gasteiger partial charge in [-0.15, -0.1) is 0 Å². The summed E-state index contributed by atoms with van der Waals surface area (Å²) in [6, 6.07) is 0. The lowest BCUT2D eigenvalue weighted by Gasteiger charge is -2.15. The van der Waals surface area contributed by atoms with Crippen molar-refractivity contribution in [3.05, 3.63) is 34.9 Å². The monoisotopic (exact) mass is 246 g/mol. The number of rotatable bonds is 1. The molecule has 0 aromatic rings. The fraction of sp³-hybridized carbons (Fsp3) is 0.588. The van der Waals surface area contributed by atoms with E-state index in [2.05, 4.69) is 39.0 Å². The van der Waals surface area contributed by atoms with Crippen molar-refractivity contribution in [1.29, 1.82) is 0 Å². The summed E-state index contributed by atoms with van der Waals surface area (Å²) < 4.78 is 0. The topological polar surface area (TPSA) is 17.1 Å². The molecule has 1 aliphatic rings. The van der Waals surface area contributed by atoms with Gasteiger partial charge in [-0.2, -0.15) is 0 Å². The second-order valence-corrected chi connectivity index (χ2v) is 5.53. The Bertz CT molecular complexity index is 382. The Morgan fingerprint density at radius 1 is 1.06 bits per heavy atom. The molecule has 1 nitrogen and oxygen atoms in total. The second-order valence-electron chi connectivity index (χ2n) is 5.53. The van der Waals surface area contributed by atoms with Gasteiger partial charge < -0.3 is 0 Å². The zero-order valence-corrected chi connectivity index (χ0v) is 12.3. The second kappa shape index (κ2) is 7.35. The van der Waals surface area contributed by atoms with Crippen LogP contribution in [0, 0.1) is 5.92 Å². The van der Waals surface area contributed by atoms with Gasteiger partial charge in [-0.25, -0.2) is 0 Å². The van der Waals surface area contributed by atoms with E-state index in [4.69, 9.17) is 0 Å². The zero-order chi connectivity index (χ0) is 13.5. The molecular formula is C17H26O. The summed E-state index contributed by atoms with van der Waals surface area (Å²) >= 11 is 0. The molecule has 0 heterocycles. The van der Waals surface area contributed by atoms with Gasteiger partial charge in [0.25, 0.3) is 0 Å². The highest BCUT2D eigenvalue weighted by Crippen LogP contribution is 2.23. The number of carbonyl (C=O) groups is 1. The molecule has 1 rings (SSSR count). The van der Waals surface area contributed by atoms with Gasteiger partial charge in [-0.05, 0) is 59.8 Å². The molecule has 0 saturated carbocycles. The van der Waals surface area contributed by atoms with Crippen molar-refractivity contribution in [3.63, 3.8) is 0 Å². The van der Waals surface area contributed by atoms with E-state index in [1.54, 1.807) is 6.92 Å². The summed E-state index contributed by atoms with van der Waals surface area (Å²) in [6.45, 7) is 8.19. The third-order valence-electron chi connectivity index (χ3n) is 3.81. The minimum Gasteiger partial charge on any atom is -0.299 e. The standard InChI is InChI=1S/C17H26O/c1-13-7-5-8-14(2)11-12-17(16(4)18)15(3)10-6-9-13/h8-10,17H,5-7,11-12H2,1-4H3/b13-9+,14-8+,15-10-. The van der Waals surface area contributed by atoms with Gasteiger partial charge in [-0.3, -0.25) is 4.79 Å². The number of carbonyl (C=O) groups excluding carboxylic acids is 1. The average Bonchev–Trinajstić information content (AvgIpc) is 2.27. The molecule has 0 aromatic heterocycles. The van der Waals surface area contributed by atoms with Crippen molar-refractivity contribution in [1.82, 2.24) is 0 Å². The van der Waals surface area contributed by atoms with Crippen molar-refractivity contribution in [2.24, 2.45) is 5.92 Å². The highest BCUT2D eigenvalue weighted by atomic mass is 16.1. The molecule has 1 heteroatoms. The summed E-state index contributed by atoms with van der Waals surface area (Å²) in [5, 5.41) is 0. The molecule has 0 spiro atoms. The van der Waals surface area contributed by atoms with E-state index in [0.717, 1.165) is 32.1 Å². The molecular weight excluding hydrogens is 220 g/mol. The summed E-state index contributed by atoms with van der Waals surface area (Å²) in [7, 11) is 0. The normalized spacial score (nSPS) is 31.8. The lowest BCUT2D eigenvalue weighted by atomic mass is 9.89. The Balaban J connectivity index is 2.89. The number of Topliss-reactive ketones (excluding diaryl/α,β-unsaturated/α-hetero) is 1. The molecule has 0 fully saturated rings. The number of hydrogen-bond donors (Lipinski definition) is 0. The summed E-state index contributed by atoms with van der Waals surface area (Å²) in [5.41, 5.74) is 4.10. The van der Waals surface area contributed by atoms with Gasteiger partial charge in [0.15, 0.2) is 0 Å². The van der Waals surface area contributed by atoms with E-state index in [0.29, 0.717) is 5.78 Å². The number of hydrogen-bond acceptors (Lipinski definition) is 1. The lowest BCUT2D eigenvalue weighted by molar-refractivity contribution is -0.119. The third kappa shape index (κ3) is 5.03. The minimum absolute atomic E-state index is 0.112. The molecule has 0 radical (unpaired) electrons. The van der Waals surface area contributed by atoms with Crippen LogP contribution in [0.25, 0.3) is 0 Å². The van der Waals surface area contributed by atoms with Gasteiger partial charge in [0, 0.05) is 5.92 Å². The highest BCUT2D eigenvalue weighted by molar-refractivity contribution is 5.81. The van der Waals surface area contributed by atoms with Gasteiger partial charge in [0.2, 0.25) is 0 Å². The van der Waals surface area contributed by atoms with Crippen LogP contribution in [0.5, 0.6) is 0 Å². The smallest absolute Gasteiger partial charge is 0.136 e. The molecule has 100 valence electrons. The first-order valence-corrected chi connectivity index (χ1v) is 6.99. The first-order chi connectivity index (χ1) is 8.50. The maximum absolute atomic E-state index is 11.7. The van der Waals surface area contributed by atoms with Crippen LogP contribution >= 0.6 is 0 Å². The molecule has 1 aliphatic carbocycles. The van der Waals surface area contributed by atoms with E-state index < -0.39 is 0 Å². The number of ketones is 1. The molecule has 18 heavy (non-hydrogen) atoms. The van der Waals surface area contributed by atoms with Crippen LogP contribution in [-0.4, -0.2) is 5.78 Å². The molecule has 0 amide bonds. The molecule has 0 N–H and O–H groups in total. The van der Waals surface area contributed by atoms with Crippen LogP contribution in [-0.2, 0) is 4.79 Å². The fourth-order valence-corrected chi connectivity index (χ4v) is 2.46. The largest absolute Gasteiger partial charge is 0.299 e. The van der Waals surface area contributed by atoms with E-state index in [1.165, 1.54) is 16.7 Å². The molecule has 1 unspecified atom stereocenters. The van der Waals surface area contributed by atoms with Crippen LogP contribution in [0.2, 0.25) is 0 Å². The van der Waals surface area contributed by atoms with Crippen LogP contribution in [0.3, 0.4) is 0 Å². The van der Waals surface area contributed by atoms with E-state index in [9.17, 15) is 4.79 Å². The SMILES string of the molecule is CC(=O)C1CC/C(C)=C/CC/C(C)=C/C/C=C\1C. The molecule has 0 bridgehead atoms. The van der Waals surface area contributed by atoms with Crippen molar-refractivity contribution < 1.29 is 4.79 Å². The lowest BCUT2D eigenvalue weighted by Crippen LogP contribution is -2.12. The fourth-order valence-electron chi connectivity index (χ4n) is 2.46. The quantitative estimate of drug-likeness (QED) is 0.595. The van der Waals surface area contributed by atoms with Gasteiger partial charge in [-0.1, -0.05) is 34.9 Å². The van der Waals surface area contributed by atoms with Gasteiger partial charge >= 0.3 is 0 Å². The van der Waals surface area contributed by atoms with Gasteiger partial charge in [0.1, 0.15) is 5.78 Å². The average molecular weight is 246 g/mol. The Morgan fingerprint density at radius 3 is 2.39 bits per heavy atom. The van der Waals surface area contributed by atoms with E-state index in [-0.39, 0.29) is 5.92 Å². The Kier molecular flexibility index (Phi) is 6.11. The molecule has 0 aromatic carbocycles. The predicted octanol–water partition coefficient (Wildman–Crippen LogP) is 4.99. The van der Waals surface area contributed by atoms with Crippen LogP contribution in [0.4, 0.5) is 0 Å². The van der Waals surface area contributed by atoms with E-state index >= 15 is 0 Å². The number of allylic oxidation sites excluding steroid dienone is 6. The van der Waals surface area contributed by atoms with Crippen LogP contribution in [0.15, 0.2) is 34.9 Å². The molecule has 0 aliphatic heterocycles. The van der Waals surface area contributed by atoms with E-state index in [1.807, 2.05) is 0 Å². The van der Waals surface area contributed by atoms with Crippen LogP contribution in [0.1, 0.15) is 59.8 Å². The molecule has 0 saturated heterocycles. The Morgan fingerprint density at radius 2 is 1.72 bits per heavy atom. The van der Waals surface area contributed by atoms with Crippen molar-refractivity contribution in [2.45, 2.75) is 59.8 Å². The minimum atomic E-state index is 0.112. The zero-order valence-electron chi connectivity index (χ0n) is 12.3. The van der Waals surface area contributed by atoms with Crippen LogP contribution < -0.4 is 0 Å². The first kappa shape index (κ1) is 14.9. The third-order valence-corrected chi connectivity index (χ3v) is 3.81. The van der Waals surface area contributed by atoms with Crippen molar-refractivity contribution in [2.75, 3.05) is 0 Å². The Labute approximate surface area is 112 Å². The summed E-state index contributed by atoms with van der Waals surface area (Å²) in [6.07, 6.45) is 12.1. The Hall–Kier alpha value is -1.11. The predicted molar refractivity (Wildman–Crippen MR) is 78.5 cm³/mol. The summed E-state index contributed by atoms with van der Waals surface area (Å²) in [4.78, 5) is 11.7. The molecule has 1 atom stereocenters. The summed E-state index contributed by atoms with van der Waals surface area (Å²) in [5.74, 6) is 0.413. The first-order valence-electron chi connectivity index (χ1n) is 6.99. The maximum atomic E-state index is 11.7. The highest BCUT2D eigenvalue weighted by Gasteiger charge is 2.15. The maximum Gasteiger partial charge on any atom is 0.136 e. The van der Waals surface area contributed by atoms with Crippen molar-refractivity contribution >= 4 is 5.78 Å².